The molecular formula is C66H124O17P2. The second kappa shape index (κ2) is 60.5. The van der Waals surface area contributed by atoms with Gasteiger partial charge in [-0.1, -0.05) is 264 Å². The van der Waals surface area contributed by atoms with Crippen LogP contribution in [0, 0.1) is 0 Å². The Hall–Kier alpha value is -2.46. The smallest absolute Gasteiger partial charge is 0.462 e. The molecule has 17 nitrogen and oxygen atoms in total. The molecule has 0 aromatic carbocycles. The fraction of sp³-hybridized carbons (Fsp3) is 0.879. The van der Waals surface area contributed by atoms with Crippen LogP contribution in [-0.2, 0) is 65.4 Å². The number of unbranched alkanes of at least 4 members (excludes halogenated alkanes) is 36. The standard InChI is InChI=1S/C66H124O17P2/c1-5-9-13-17-20-23-25-27-29-30-32-34-36-38-41-45-49-53-66(71)83-62(57-77-64(69)51-47-43-40-37-35-33-31-28-26-24-21-18-14-10-6-2)59-81-85(74,75)79-55-60(67)54-78-84(72,73)80-58-61(56-76-63(68)50-46-42-16-12-8-4)82-65(70)52-48-44-39-22-19-15-11-7-3/h24,26,28,31,60-62,67H,5-23,25,27,29-30,32-59H2,1-4H3,(H,72,73)(H,74,75)/b26-24-,31-28-/t60-,61+,62+/m0/s1. The monoisotopic (exact) mass is 1250 g/mol. The maximum atomic E-state index is 13.0. The topological polar surface area (TPSA) is 237 Å². The van der Waals surface area contributed by atoms with Gasteiger partial charge in [-0.15, -0.1) is 0 Å². The first-order valence-electron chi connectivity index (χ1n) is 34.1. The molecule has 5 atom stereocenters. The van der Waals surface area contributed by atoms with Gasteiger partial charge >= 0.3 is 39.5 Å². The Bertz CT molecular complexity index is 1730. The molecule has 3 N–H and O–H groups in total. The largest absolute Gasteiger partial charge is 0.472 e. The third kappa shape index (κ3) is 60.2. The molecule has 19 heteroatoms. The van der Waals surface area contributed by atoms with E-state index in [1.54, 1.807) is 0 Å². The lowest BCUT2D eigenvalue weighted by atomic mass is 10.0. The first-order chi connectivity index (χ1) is 41.2. The molecule has 500 valence electrons. The van der Waals surface area contributed by atoms with E-state index in [1.165, 1.54) is 116 Å². The van der Waals surface area contributed by atoms with E-state index in [0.29, 0.717) is 25.7 Å². The van der Waals surface area contributed by atoms with E-state index in [2.05, 4.69) is 52.0 Å². The maximum absolute atomic E-state index is 13.0. The zero-order valence-electron chi connectivity index (χ0n) is 54.1. The van der Waals surface area contributed by atoms with Crippen LogP contribution < -0.4 is 0 Å². The fourth-order valence-corrected chi connectivity index (χ4v) is 11.0. The Labute approximate surface area is 516 Å². The van der Waals surface area contributed by atoms with Crippen LogP contribution in [0.2, 0.25) is 0 Å². The summed E-state index contributed by atoms with van der Waals surface area (Å²) in [5, 5.41) is 10.5. The van der Waals surface area contributed by atoms with Gasteiger partial charge in [0, 0.05) is 25.7 Å². The van der Waals surface area contributed by atoms with Crippen molar-refractivity contribution in [3.8, 4) is 0 Å². The molecular weight excluding hydrogens is 1130 g/mol. The Balaban J connectivity index is 5.18. The minimum absolute atomic E-state index is 0.102. The first kappa shape index (κ1) is 82.5. The quantitative estimate of drug-likeness (QED) is 0.0169. The zero-order valence-corrected chi connectivity index (χ0v) is 55.8. The highest BCUT2D eigenvalue weighted by Gasteiger charge is 2.30. The predicted octanol–water partition coefficient (Wildman–Crippen LogP) is 18.3. The second-order valence-corrected chi connectivity index (χ2v) is 26.1. The highest BCUT2D eigenvalue weighted by Crippen LogP contribution is 2.45. The van der Waals surface area contributed by atoms with Crippen LogP contribution in [-0.4, -0.2) is 96.7 Å². The number of carbonyl (C=O) groups excluding carboxylic acids is 4. The molecule has 0 aliphatic carbocycles. The van der Waals surface area contributed by atoms with Crippen molar-refractivity contribution in [3.05, 3.63) is 24.3 Å². The molecule has 0 spiro atoms. The highest BCUT2D eigenvalue weighted by atomic mass is 31.2. The molecule has 0 bridgehead atoms. The molecule has 0 amide bonds. The number of hydrogen-bond donors (Lipinski definition) is 3. The van der Waals surface area contributed by atoms with Gasteiger partial charge in [0.05, 0.1) is 26.4 Å². The van der Waals surface area contributed by atoms with E-state index >= 15 is 0 Å². The van der Waals surface area contributed by atoms with Crippen molar-refractivity contribution >= 4 is 39.5 Å². The van der Waals surface area contributed by atoms with E-state index in [4.69, 9.17) is 37.0 Å². The number of hydrogen-bond acceptors (Lipinski definition) is 15. The summed E-state index contributed by atoms with van der Waals surface area (Å²) in [5.41, 5.74) is 0. The number of rotatable bonds is 65. The number of aliphatic hydroxyl groups excluding tert-OH is 1. The lowest BCUT2D eigenvalue weighted by Crippen LogP contribution is -2.30. The Morgan fingerprint density at radius 3 is 0.859 bits per heavy atom. The summed E-state index contributed by atoms with van der Waals surface area (Å²) in [6, 6.07) is 0. The number of allylic oxidation sites excluding steroid dienone is 4. The summed E-state index contributed by atoms with van der Waals surface area (Å²) >= 11 is 0. The van der Waals surface area contributed by atoms with Gasteiger partial charge < -0.3 is 33.8 Å². The number of carbonyl (C=O) groups is 4. The Kier molecular flexibility index (Phi) is 58.7. The Morgan fingerprint density at radius 2 is 0.565 bits per heavy atom. The average molecular weight is 1250 g/mol. The number of phosphoric acid groups is 2. The molecule has 0 aromatic heterocycles. The van der Waals surface area contributed by atoms with Crippen LogP contribution in [0.4, 0.5) is 0 Å². The van der Waals surface area contributed by atoms with Gasteiger partial charge in [0.1, 0.15) is 19.3 Å². The van der Waals surface area contributed by atoms with Crippen LogP contribution in [0.25, 0.3) is 0 Å². The maximum Gasteiger partial charge on any atom is 0.472 e. The van der Waals surface area contributed by atoms with Gasteiger partial charge in [-0.2, -0.15) is 0 Å². The van der Waals surface area contributed by atoms with Crippen molar-refractivity contribution in [1.82, 2.24) is 0 Å². The third-order valence-corrected chi connectivity index (χ3v) is 16.6. The number of esters is 4. The van der Waals surface area contributed by atoms with Gasteiger partial charge in [0.2, 0.25) is 0 Å². The number of phosphoric ester groups is 2. The van der Waals surface area contributed by atoms with Crippen LogP contribution >= 0.6 is 15.6 Å². The second-order valence-electron chi connectivity index (χ2n) is 23.2. The minimum Gasteiger partial charge on any atom is -0.462 e. The highest BCUT2D eigenvalue weighted by molar-refractivity contribution is 7.47. The van der Waals surface area contributed by atoms with Crippen LogP contribution in [0.15, 0.2) is 24.3 Å². The van der Waals surface area contributed by atoms with E-state index in [9.17, 15) is 43.2 Å². The summed E-state index contributed by atoms with van der Waals surface area (Å²) in [4.78, 5) is 71.9. The summed E-state index contributed by atoms with van der Waals surface area (Å²) in [7, 11) is -9.89. The van der Waals surface area contributed by atoms with E-state index in [0.717, 1.165) is 122 Å². The molecule has 0 radical (unpaired) electrons. The fourth-order valence-electron chi connectivity index (χ4n) is 9.45. The summed E-state index contributed by atoms with van der Waals surface area (Å²) in [6.07, 6.45) is 49.9. The molecule has 0 heterocycles. The number of aliphatic hydroxyl groups is 1. The van der Waals surface area contributed by atoms with Crippen LogP contribution in [0.1, 0.15) is 317 Å². The van der Waals surface area contributed by atoms with Crippen molar-refractivity contribution in [3.63, 3.8) is 0 Å². The average Bonchev–Trinajstić information content (AvgIpc) is 3.60. The molecule has 0 saturated carbocycles. The molecule has 85 heavy (non-hydrogen) atoms. The van der Waals surface area contributed by atoms with E-state index in [-0.39, 0.29) is 25.7 Å². The molecule has 0 fully saturated rings. The van der Waals surface area contributed by atoms with Crippen molar-refractivity contribution in [1.29, 1.82) is 0 Å². The third-order valence-electron chi connectivity index (χ3n) is 14.7. The van der Waals surface area contributed by atoms with Gasteiger partial charge in [0.15, 0.2) is 12.2 Å². The lowest BCUT2D eigenvalue weighted by molar-refractivity contribution is -0.161. The van der Waals surface area contributed by atoms with Crippen LogP contribution in [0.5, 0.6) is 0 Å². The molecule has 0 aromatic rings. The normalized spacial score (nSPS) is 14.3. The summed E-state index contributed by atoms with van der Waals surface area (Å²) < 4.78 is 67.8. The van der Waals surface area contributed by atoms with Gasteiger partial charge in [-0.25, -0.2) is 9.13 Å². The van der Waals surface area contributed by atoms with Crippen LogP contribution in [0.3, 0.4) is 0 Å². The number of ether oxygens (including phenoxy) is 4. The Morgan fingerprint density at radius 1 is 0.329 bits per heavy atom. The zero-order chi connectivity index (χ0) is 62.6. The molecule has 0 rings (SSSR count). The van der Waals surface area contributed by atoms with E-state index in [1.807, 2.05) is 0 Å². The molecule has 0 aliphatic heterocycles. The van der Waals surface area contributed by atoms with Gasteiger partial charge in [0.25, 0.3) is 0 Å². The molecule has 0 saturated heterocycles. The summed E-state index contributed by atoms with van der Waals surface area (Å²) in [6.45, 7) is 4.73. The summed E-state index contributed by atoms with van der Waals surface area (Å²) in [5.74, 6) is -2.17. The van der Waals surface area contributed by atoms with Crippen molar-refractivity contribution in [2.45, 2.75) is 335 Å². The first-order valence-corrected chi connectivity index (χ1v) is 37.1. The van der Waals surface area contributed by atoms with Gasteiger partial charge in [-0.3, -0.25) is 37.3 Å². The van der Waals surface area contributed by atoms with Gasteiger partial charge in [-0.05, 0) is 51.4 Å². The predicted molar refractivity (Wildman–Crippen MR) is 340 cm³/mol. The SMILES string of the molecule is CCCCCC/C=C\C=C/CCCCCCCC(=O)OC[C@H](COP(=O)(O)OC[C@@H](O)COP(=O)(O)OC[C@@H](COC(=O)CCCCCCC)OC(=O)CCCCCCCCCC)OC(=O)CCCCCCCCCCCCCCCCCCC. The van der Waals surface area contributed by atoms with E-state index < -0.39 is 97.5 Å². The lowest BCUT2D eigenvalue weighted by Gasteiger charge is -2.21. The van der Waals surface area contributed by atoms with Crippen molar-refractivity contribution < 1.29 is 80.2 Å². The molecule has 0 aliphatic rings. The van der Waals surface area contributed by atoms with Crippen molar-refractivity contribution in [2.75, 3.05) is 39.6 Å². The minimum atomic E-state index is -4.95. The molecule has 2 unspecified atom stereocenters. The van der Waals surface area contributed by atoms with Crippen molar-refractivity contribution in [2.24, 2.45) is 0 Å².